The van der Waals surface area contributed by atoms with Crippen molar-refractivity contribution in [2.45, 2.75) is 26.7 Å². The number of nitrogens with zero attached hydrogens (tertiary/aromatic N) is 2. The van der Waals surface area contributed by atoms with Crippen LogP contribution in [-0.2, 0) is 16.4 Å². The molecule has 0 fully saturated rings. The molecule has 23 heavy (non-hydrogen) atoms. The summed E-state index contributed by atoms with van der Waals surface area (Å²) >= 11 is 0. The van der Waals surface area contributed by atoms with Gasteiger partial charge in [-0.2, -0.15) is 0 Å². The van der Waals surface area contributed by atoms with Gasteiger partial charge >= 0.3 is 0 Å². The van der Waals surface area contributed by atoms with Gasteiger partial charge < -0.3 is 11.1 Å². The number of aliphatic imine (C=N–C) groups is 1. The summed E-state index contributed by atoms with van der Waals surface area (Å²) in [5, 5.41) is 2.88. The highest BCUT2D eigenvalue weighted by molar-refractivity contribution is 7.92. The van der Waals surface area contributed by atoms with Crippen molar-refractivity contribution in [3.63, 3.8) is 0 Å². The van der Waals surface area contributed by atoms with Crippen molar-refractivity contribution in [3.8, 4) is 0 Å². The summed E-state index contributed by atoms with van der Waals surface area (Å²) < 4.78 is 26.5. The number of fused-ring (bicyclic) bond motifs is 1. The van der Waals surface area contributed by atoms with E-state index in [-0.39, 0.29) is 12.3 Å². The lowest BCUT2D eigenvalue weighted by Crippen LogP contribution is -2.39. The predicted octanol–water partition coefficient (Wildman–Crippen LogP) is 1.33. The molecule has 1 aliphatic heterocycles. The van der Waals surface area contributed by atoms with E-state index in [0.29, 0.717) is 25.0 Å². The summed E-state index contributed by atoms with van der Waals surface area (Å²) in [6, 6.07) is 7.63. The molecule has 0 bridgehead atoms. The van der Waals surface area contributed by atoms with Gasteiger partial charge in [0.25, 0.3) is 0 Å². The van der Waals surface area contributed by atoms with Crippen molar-refractivity contribution in [2.75, 3.05) is 29.7 Å². The first-order chi connectivity index (χ1) is 10.9. The number of rotatable bonds is 7. The lowest BCUT2D eigenvalue weighted by molar-refractivity contribution is 0.590. The Kier molecular flexibility index (Phi) is 5.87. The SMILES string of the molecule is CC(C)CCN=C(N)NCCS(=O)(=O)N1CCc2ccccc21. The molecule has 3 N–H and O–H groups in total. The summed E-state index contributed by atoms with van der Waals surface area (Å²) in [4.78, 5) is 4.19. The summed E-state index contributed by atoms with van der Waals surface area (Å²) in [6.07, 6.45) is 1.73. The monoisotopic (exact) mass is 338 g/mol. The van der Waals surface area contributed by atoms with Gasteiger partial charge in [0.15, 0.2) is 5.96 Å². The molecule has 0 saturated carbocycles. The summed E-state index contributed by atoms with van der Waals surface area (Å²) in [5.74, 6) is 0.881. The number of hydrogen-bond donors (Lipinski definition) is 2. The molecule has 0 aromatic heterocycles. The van der Waals surface area contributed by atoms with Crippen LogP contribution in [0.1, 0.15) is 25.8 Å². The molecule has 128 valence electrons. The van der Waals surface area contributed by atoms with E-state index in [9.17, 15) is 8.42 Å². The Balaban J connectivity index is 1.86. The first-order valence-electron chi connectivity index (χ1n) is 8.02. The third-order valence-electron chi connectivity index (χ3n) is 3.84. The minimum Gasteiger partial charge on any atom is -0.370 e. The first kappa shape index (κ1) is 17.6. The highest BCUT2D eigenvalue weighted by Crippen LogP contribution is 2.29. The second kappa shape index (κ2) is 7.68. The molecule has 0 radical (unpaired) electrons. The van der Waals surface area contributed by atoms with Crippen LogP contribution in [0, 0.1) is 5.92 Å². The van der Waals surface area contributed by atoms with E-state index in [1.165, 1.54) is 4.31 Å². The Morgan fingerprint density at radius 3 is 2.87 bits per heavy atom. The molecule has 0 atom stereocenters. The van der Waals surface area contributed by atoms with Crippen LogP contribution in [0.2, 0.25) is 0 Å². The Labute approximate surface area is 138 Å². The molecule has 0 unspecified atom stereocenters. The third-order valence-corrected chi connectivity index (χ3v) is 5.61. The highest BCUT2D eigenvalue weighted by Gasteiger charge is 2.28. The van der Waals surface area contributed by atoms with E-state index in [4.69, 9.17) is 5.73 Å². The zero-order valence-corrected chi connectivity index (χ0v) is 14.6. The molecule has 0 amide bonds. The fourth-order valence-corrected chi connectivity index (χ4v) is 3.94. The van der Waals surface area contributed by atoms with Crippen LogP contribution in [0.5, 0.6) is 0 Å². The van der Waals surface area contributed by atoms with Gasteiger partial charge in [-0.1, -0.05) is 32.0 Å². The molecule has 0 aliphatic carbocycles. The predicted molar refractivity (Wildman–Crippen MR) is 95.2 cm³/mol. The Hall–Kier alpha value is -1.76. The molecule has 7 heteroatoms. The lowest BCUT2D eigenvalue weighted by atomic mass is 10.1. The quantitative estimate of drug-likeness (QED) is 0.580. The third kappa shape index (κ3) is 4.86. The topological polar surface area (TPSA) is 87.8 Å². The number of benzene rings is 1. The number of anilines is 1. The minimum absolute atomic E-state index is 0.00172. The number of nitrogens with two attached hydrogens (primary N) is 1. The molecule has 1 aromatic carbocycles. The number of nitrogens with one attached hydrogen (secondary N) is 1. The molecule has 1 aliphatic rings. The standard InChI is InChI=1S/C16H26N4O2S/c1-13(2)7-9-18-16(17)19-10-12-23(21,22)20-11-8-14-5-3-4-6-15(14)20/h3-6,13H,7-12H2,1-2H3,(H3,17,18,19). The highest BCUT2D eigenvalue weighted by atomic mass is 32.2. The van der Waals surface area contributed by atoms with Crippen LogP contribution < -0.4 is 15.4 Å². The molecule has 6 nitrogen and oxygen atoms in total. The van der Waals surface area contributed by atoms with E-state index in [0.717, 1.165) is 24.1 Å². The van der Waals surface area contributed by atoms with E-state index in [2.05, 4.69) is 24.2 Å². The van der Waals surface area contributed by atoms with Gasteiger partial charge in [0.05, 0.1) is 11.4 Å². The molecule has 0 saturated heterocycles. The molecule has 0 spiro atoms. The van der Waals surface area contributed by atoms with Crippen molar-refractivity contribution in [2.24, 2.45) is 16.6 Å². The Morgan fingerprint density at radius 1 is 1.39 bits per heavy atom. The van der Waals surface area contributed by atoms with Crippen LogP contribution in [-0.4, -0.2) is 39.8 Å². The maximum atomic E-state index is 12.5. The average Bonchev–Trinajstić information content (AvgIpc) is 2.91. The number of guanidine groups is 1. The average molecular weight is 338 g/mol. The van der Waals surface area contributed by atoms with Crippen LogP contribution >= 0.6 is 0 Å². The van der Waals surface area contributed by atoms with E-state index in [1.807, 2.05) is 24.3 Å². The minimum atomic E-state index is -3.34. The van der Waals surface area contributed by atoms with Gasteiger partial charge in [-0.25, -0.2) is 8.42 Å². The van der Waals surface area contributed by atoms with Gasteiger partial charge in [0, 0.05) is 19.6 Å². The smallest absolute Gasteiger partial charge is 0.236 e. The van der Waals surface area contributed by atoms with Crippen molar-refractivity contribution in [1.29, 1.82) is 0 Å². The van der Waals surface area contributed by atoms with Crippen LogP contribution in [0.15, 0.2) is 29.3 Å². The van der Waals surface area contributed by atoms with Crippen LogP contribution in [0.4, 0.5) is 5.69 Å². The summed E-state index contributed by atoms with van der Waals surface area (Å²) in [5.41, 5.74) is 7.63. The Bertz CT molecular complexity index is 656. The number of hydrogen-bond acceptors (Lipinski definition) is 3. The molecular weight excluding hydrogens is 312 g/mol. The van der Waals surface area contributed by atoms with Gasteiger partial charge in [0.2, 0.25) is 10.0 Å². The molecule has 2 rings (SSSR count). The van der Waals surface area contributed by atoms with Gasteiger partial charge in [0.1, 0.15) is 0 Å². The summed E-state index contributed by atoms with van der Waals surface area (Å²) in [6.45, 7) is 5.68. The maximum Gasteiger partial charge on any atom is 0.236 e. The van der Waals surface area contributed by atoms with E-state index < -0.39 is 10.0 Å². The lowest BCUT2D eigenvalue weighted by Gasteiger charge is -2.19. The number of para-hydroxylation sites is 1. The molecular formula is C16H26N4O2S. The van der Waals surface area contributed by atoms with Crippen molar-refractivity contribution in [3.05, 3.63) is 29.8 Å². The normalized spacial score (nSPS) is 15.1. The van der Waals surface area contributed by atoms with Gasteiger partial charge in [-0.15, -0.1) is 0 Å². The van der Waals surface area contributed by atoms with Crippen LogP contribution in [0.3, 0.4) is 0 Å². The second-order valence-corrected chi connectivity index (χ2v) is 8.16. The Morgan fingerprint density at radius 2 is 2.13 bits per heavy atom. The van der Waals surface area contributed by atoms with E-state index >= 15 is 0 Å². The summed E-state index contributed by atoms with van der Waals surface area (Å²) in [7, 11) is -3.34. The van der Waals surface area contributed by atoms with Crippen LogP contribution in [0.25, 0.3) is 0 Å². The second-order valence-electron chi connectivity index (χ2n) is 6.14. The molecule has 1 heterocycles. The zero-order valence-electron chi connectivity index (χ0n) is 13.8. The van der Waals surface area contributed by atoms with Crippen molar-refractivity contribution >= 4 is 21.7 Å². The largest absolute Gasteiger partial charge is 0.370 e. The first-order valence-corrected chi connectivity index (χ1v) is 9.63. The fourth-order valence-electron chi connectivity index (χ4n) is 2.51. The van der Waals surface area contributed by atoms with Gasteiger partial charge in [-0.05, 0) is 30.4 Å². The zero-order chi connectivity index (χ0) is 16.9. The fraction of sp³-hybridized carbons (Fsp3) is 0.562. The number of sulfonamides is 1. The van der Waals surface area contributed by atoms with E-state index in [1.54, 1.807) is 0 Å². The van der Waals surface area contributed by atoms with Crippen molar-refractivity contribution in [1.82, 2.24) is 5.32 Å². The van der Waals surface area contributed by atoms with Gasteiger partial charge in [-0.3, -0.25) is 9.30 Å². The maximum absolute atomic E-state index is 12.5. The molecule has 1 aromatic rings. The van der Waals surface area contributed by atoms with Crippen molar-refractivity contribution < 1.29 is 8.42 Å².